The van der Waals surface area contributed by atoms with Crippen LogP contribution in [0, 0.1) is 11.8 Å². The third kappa shape index (κ3) is 7.86. The Labute approximate surface area is 283 Å². The summed E-state index contributed by atoms with van der Waals surface area (Å²) in [6.45, 7) is 11.7. The van der Waals surface area contributed by atoms with E-state index >= 15 is 0 Å². The second-order valence-corrected chi connectivity index (χ2v) is 14.9. The summed E-state index contributed by atoms with van der Waals surface area (Å²) in [7, 11) is -4.15. The molecule has 3 heterocycles. The van der Waals surface area contributed by atoms with E-state index in [4.69, 9.17) is 14.2 Å². The van der Waals surface area contributed by atoms with Crippen LogP contribution in [0.25, 0.3) is 5.57 Å². The molecule has 0 spiro atoms. The van der Waals surface area contributed by atoms with Crippen molar-refractivity contribution in [3.63, 3.8) is 0 Å². The third-order valence-corrected chi connectivity index (χ3v) is 11.1. The summed E-state index contributed by atoms with van der Waals surface area (Å²) in [6, 6.07) is 13.1. The molecule has 2 amide bonds. The predicted molar refractivity (Wildman–Crippen MR) is 181 cm³/mol. The number of anilines is 1. The highest BCUT2D eigenvalue weighted by molar-refractivity contribution is 7.89. The molecule has 3 aliphatic heterocycles. The van der Waals surface area contributed by atoms with E-state index in [1.54, 1.807) is 6.07 Å². The summed E-state index contributed by atoms with van der Waals surface area (Å²) in [4.78, 5) is 28.3. The number of carbonyl (C=O) groups excluding carboxylic acids is 2. The number of rotatable bonds is 14. The Balaban J connectivity index is 1.40. The first-order chi connectivity index (χ1) is 22.9. The first-order valence-electron chi connectivity index (χ1n) is 16.8. The molecule has 2 fully saturated rings. The Morgan fingerprint density at radius 3 is 2.52 bits per heavy atom. The molecule has 5 rings (SSSR count). The van der Waals surface area contributed by atoms with Crippen molar-refractivity contribution >= 4 is 33.3 Å². The number of allylic oxidation sites excluding steroid dienone is 1. The number of alkyl carbamates (subject to hydrolysis) is 1. The molecule has 5 atom stereocenters. The summed E-state index contributed by atoms with van der Waals surface area (Å²) in [5.74, 6) is -0.399. The molecule has 3 aliphatic rings. The third-order valence-electron chi connectivity index (χ3n) is 9.24. The maximum atomic E-state index is 14.3. The Morgan fingerprint density at radius 2 is 1.83 bits per heavy atom. The van der Waals surface area contributed by atoms with Gasteiger partial charge in [-0.2, -0.15) is 4.31 Å². The molecule has 0 radical (unpaired) electrons. The number of nitrogens with zero attached hydrogens (tertiary/aromatic N) is 2. The SMILES string of the molecule is CCN(CC)/C(C)=C1/C(=O)Nc2ccc(S(=O)(=O)N(CC(C)C)CC(O)C(Cc3ccccc3)NC(=O)OC3COC4OCCC34)cc21. The molecular formula is C35H48N4O8S. The Kier molecular flexibility index (Phi) is 11.5. The molecule has 2 aromatic carbocycles. The summed E-state index contributed by atoms with van der Waals surface area (Å²) in [6.07, 6.45) is -1.90. The van der Waals surface area contributed by atoms with Crippen LogP contribution >= 0.6 is 0 Å². The molecule has 12 nitrogen and oxygen atoms in total. The molecule has 0 aliphatic carbocycles. The molecule has 0 bridgehead atoms. The molecule has 2 aromatic rings. The van der Waals surface area contributed by atoms with E-state index in [-0.39, 0.29) is 55.0 Å². The standard InChI is InChI=1S/C35H48N4O8S/c1-6-38(7-2)23(5)32-27-18-25(13-14-28(27)36-33(32)41)48(43,44)39(19-22(3)4)20-30(40)29(17-24-11-9-8-10-12-24)37-35(42)47-31-21-46-34-26(31)15-16-45-34/h8-14,18,22,26,29-31,34,40H,6-7,15-17,19-21H2,1-5H3,(H,36,41)(H,37,42)/b32-23+. The fraction of sp³-hybridized carbons (Fsp3) is 0.543. The van der Waals surface area contributed by atoms with Gasteiger partial charge in [0.25, 0.3) is 5.91 Å². The van der Waals surface area contributed by atoms with Crippen LogP contribution < -0.4 is 10.6 Å². The van der Waals surface area contributed by atoms with Gasteiger partial charge in [-0.15, -0.1) is 0 Å². The van der Waals surface area contributed by atoms with Crippen molar-refractivity contribution in [2.75, 3.05) is 44.7 Å². The molecule has 5 unspecified atom stereocenters. The minimum Gasteiger partial charge on any atom is -0.443 e. The van der Waals surface area contributed by atoms with Crippen LogP contribution in [0.15, 0.2) is 59.1 Å². The zero-order chi connectivity index (χ0) is 34.6. The molecule has 0 saturated carbocycles. The molecule has 0 aromatic heterocycles. The van der Waals surface area contributed by atoms with Crippen molar-refractivity contribution < 1.29 is 37.3 Å². The predicted octanol–water partition coefficient (Wildman–Crippen LogP) is 3.82. The first-order valence-corrected chi connectivity index (χ1v) is 18.2. The zero-order valence-corrected chi connectivity index (χ0v) is 29.2. The van der Waals surface area contributed by atoms with E-state index < -0.39 is 34.4 Å². The minimum atomic E-state index is -4.15. The van der Waals surface area contributed by atoms with Crippen LogP contribution in [0.5, 0.6) is 0 Å². The van der Waals surface area contributed by atoms with Gasteiger partial charge in [0.05, 0.1) is 41.7 Å². The highest BCUT2D eigenvalue weighted by Crippen LogP contribution is 2.37. The van der Waals surface area contributed by atoms with Crippen LogP contribution in [0.2, 0.25) is 0 Å². The van der Waals surface area contributed by atoms with Crippen molar-refractivity contribution in [1.82, 2.24) is 14.5 Å². The lowest BCUT2D eigenvalue weighted by Gasteiger charge is -2.31. The van der Waals surface area contributed by atoms with Gasteiger partial charge < -0.3 is 34.9 Å². The second kappa shape index (κ2) is 15.4. The fourth-order valence-corrected chi connectivity index (χ4v) is 8.36. The zero-order valence-electron chi connectivity index (χ0n) is 28.3. The molecule has 13 heteroatoms. The topological polar surface area (TPSA) is 147 Å². The quantitative estimate of drug-likeness (QED) is 0.253. The minimum absolute atomic E-state index is 0.0111. The first kappa shape index (κ1) is 35.8. The Hall–Kier alpha value is -3.49. The maximum absolute atomic E-state index is 14.3. The van der Waals surface area contributed by atoms with Gasteiger partial charge in [-0.05, 0) is 63.3 Å². The lowest BCUT2D eigenvalue weighted by Crippen LogP contribution is -2.51. The highest BCUT2D eigenvalue weighted by Gasteiger charge is 2.44. The van der Waals surface area contributed by atoms with Crippen LogP contribution in [-0.4, -0.2) is 98.7 Å². The number of hydrogen-bond donors (Lipinski definition) is 3. The number of benzene rings is 2. The number of carbonyl (C=O) groups is 2. The van der Waals surface area contributed by atoms with E-state index in [9.17, 15) is 23.1 Å². The normalized spacial score (nSPS) is 22.7. The van der Waals surface area contributed by atoms with Gasteiger partial charge in [-0.25, -0.2) is 13.2 Å². The maximum Gasteiger partial charge on any atom is 0.407 e. The average molecular weight is 685 g/mol. The fourth-order valence-electron chi connectivity index (χ4n) is 6.71. The average Bonchev–Trinajstić information content (AvgIpc) is 3.76. The number of hydrogen-bond acceptors (Lipinski definition) is 9. The van der Waals surface area contributed by atoms with Crippen molar-refractivity contribution in [1.29, 1.82) is 0 Å². The second-order valence-electron chi connectivity index (χ2n) is 13.0. The van der Waals surface area contributed by atoms with Gasteiger partial charge in [0, 0.05) is 43.1 Å². The summed E-state index contributed by atoms with van der Waals surface area (Å²) >= 11 is 0. The molecule has 2 saturated heterocycles. The van der Waals surface area contributed by atoms with E-state index in [1.165, 1.54) is 16.4 Å². The number of aliphatic hydroxyl groups excluding tert-OH is 1. The highest BCUT2D eigenvalue weighted by atomic mass is 32.2. The number of fused-ring (bicyclic) bond motifs is 2. The number of amides is 2. The number of ether oxygens (including phenoxy) is 3. The van der Waals surface area contributed by atoms with Crippen LogP contribution in [0.1, 0.15) is 52.2 Å². The van der Waals surface area contributed by atoms with Crippen molar-refractivity contribution in [3.8, 4) is 0 Å². The Morgan fingerprint density at radius 1 is 1.10 bits per heavy atom. The van der Waals surface area contributed by atoms with Crippen molar-refractivity contribution in [2.24, 2.45) is 11.8 Å². The lowest BCUT2D eigenvalue weighted by molar-refractivity contribution is -0.110. The van der Waals surface area contributed by atoms with Crippen molar-refractivity contribution in [3.05, 3.63) is 65.4 Å². The van der Waals surface area contributed by atoms with E-state index in [1.807, 2.05) is 65.0 Å². The number of nitrogens with one attached hydrogen (secondary N) is 2. The van der Waals surface area contributed by atoms with E-state index in [2.05, 4.69) is 15.5 Å². The van der Waals surface area contributed by atoms with E-state index in [0.717, 1.165) is 17.7 Å². The number of aliphatic hydroxyl groups is 1. The lowest BCUT2D eigenvalue weighted by atomic mass is 10.0. The van der Waals surface area contributed by atoms with Crippen LogP contribution in [-0.2, 0) is 35.4 Å². The number of sulfonamides is 1. The van der Waals surface area contributed by atoms with Gasteiger partial charge in [0.1, 0.15) is 6.10 Å². The van der Waals surface area contributed by atoms with Gasteiger partial charge in [0.2, 0.25) is 10.0 Å². The molecule has 262 valence electrons. The van der Waals surface area contributed by atoms with Gasteiger partial charge in [0.15, 0.2) is 6.29 Å². The molecule has 48 heavy (non-hydrogen) atoms. The summed E-state index contributed by atoms with van der Waals surface area (Å²) in [5.41, 5.74) is 3.13. The van der Waals surface area contributed by atoms with Crippen LogP contribution in [0.3, 0.4) is 0 Å². The van der Waals surface area contributed by atoms with Gasteiger partial charge in [-0.1, -0.05) is 44.2 Å². The molecule has 3 N–H and O–H groups in total. The smallest absolute Gasteiger partial charge is 0.407 e. The van der Waals surface area contributed by atoms with Crippen molar-refractivity contribution in [2.45, 2.75) is 76.9 Å². The Bertz CT molecular complexity index is 1590. The monoisotopic (exact) mass is 684 g/mol. The van der Waals surface area contributed by atoms with E-state index in [0.29, 0.717) is 36.5 Å². The summed E-state index contributed by atoms with van der Waals surface area (Å²) in [5, 5.41) is 17.3. The van der Waals surface area contributed by atoms with Crippen LogP contribution in [0.4, 0.5) is 10.5 Å². The largest absolute Gasteiger partial charge is 0.443 e. The van der Waals surface area contributed by atoms with Gasteiger partial charge >= 0.3 is 6.09 Å². The van der Waals surface area contributed by atoms with Gasteiger partial charge in [-0.3, -0.25) is 4.79 Å². The summed E-state index contributed by atoms with van der Waals surface area (Å²) < 4.78 is 46.7. The molecular weight excluding hydrogens is 636 g/mol.